The summed E-state index contributed by atoms with van der Waals surface area (Å²) >= 11 is 0. The quantitative estimate of drug-likeness (QED) is 0.489. The molecule has 0 bridgehead atoms. The van der Waals surface area contributed by atoms with E-state index in [2.05, 4.69) is 10.3 Å². The van der Waals surface area contributed by atoms with Crippen LogP contribution in [-0.4, -0.2) is 47.0 Å². The molecule has 2 aromatic rings. The number of carboxylic acid groups (broad SMARTS) is 1. The Hall–Kier alpha value is -3.86. The van der Waals surface area contributed by atoms with Gasteiger partial charge in [-0.15, -0.1) is 0 Å². The van der Waals surface area contributed by atoms with E-state index in [4.69, 9.17) is 5.11 Å². The van der Waals surface area contributed by atoms with Crippen molar-refractivity contribution in [2.24, 2.45) is 4.99 Å². The molecule has 0 aliphatic rings. The van der Waals surface area contributed by atoms with Crippen LogP contribution in [0.1, 0.15) is 11.3 Å². The molecule has 26 heavy (non-hydrogen) atoms. The first kappa shape index (κ1) is 18.5. The third kappa shape index (κ3) is 4.82. The molecular formula is C18H17N5O3. The maximum absolute atomic E-state index is 12.0. The van der Waals surface area contributed by atoms with Gasteiger partial charge in [0.05, 0.1) is 23.3 Å². The van der Waals surface area contributed by atoms with E-state index in [1.54, 1.807) is 35.5 Å². The van der Waals surface area contributed by atoms with Crippen LogP contribution in [0.4, 0.5) is 16.2 Å². The average molecular weight is 351 g/mol. The van der Waals surface area contributed by atoms with Crippen molar-refractivity contribution in [3.8, 4) is 6.07 Å². The van der Waals surface area contributed by atoms with Gasteiger partial charge in [0.15, 0.2) is 0 Å². The van der Waals surface area contributed by atoms with Crippen molar-refractivity contribution in [1.82, 2.24) is 9.47 Å². The molecule has 0 saturated carbocycles. The first-order valence-corrected chi connectivity index (χ1v) is 7.55. The Morgan fingerprint density at radius 2 is 2.12 bits per heavy atom. The zero-order valence-corrected chi connectivity index (χ0v) is 14.2. The third-order valence-electron chi connectivity index (χ3n) is 3.20. The molecule has 0 radical (unpaired) electrons. The second-order valence-corrected chi connectivity index (χ2v) is 5.46. The number of rotatable bonds is 5. The number of hydrogen-bond donors (Lipinski definition) is 2. The highest BCUT2D eigenvalue weighted by atomic mass is 16.4. The Kier molecular flexibility index (Phi) is 5.90. The van der Waals surface area contributed by atoms with Gasteiger partial charge < -0.3 is 15.3 Å². The minimum atomic E-state index is -1.14. The van der Waals surface area contributed by atoms with Crippen LogP contribution in [0.15, 0.2) is 47.6 Å². The summed E-state index contributed by atoms with van der Waals surface area (Å²) in [5, 5.41) is 20.9. The molecule has 0 saturated heterocycles. The summed E-state index contributed by atoms with van der Waals surface area (Å²) < 4.78 is 0.995. The van der Waals surface area contributed by atoms with Crippen molar-refractivity contribution < 1.29 is 14.7 Å². The molecular weight excluding hydrogens is 334 g/mol. The normalized spacial score (nSPS) is 10.8. The van der Waals surface area contributed by atoms with Crippen molar-refractivity contribution >= 4 is 35.8 Å². The maximum Gasteiger partial charge on any atom is 0.415 e. The highest BCUT2D eigenvalue weighted by molar-refractivity contribution is 6.02. The van der Waals surface area contributed by atoms with Crippen molar-refractivity contribution in [1.29, 1.82) is 5.26 Å². The number of benzene rings is 1. The number of nitrogens with zero attached hydrogens (tertiary/aromatic N) is 4. The first-order chi connectivity index (χ1) is 12.4. The molecule has 0 aliphatic heterocycles. The zero-order valence-electron chi connectivity index (χ0n) is 14.2. The monoisotopic (exact) mass is 351 g/mol. The molecule has 0 spiro atoms. The Bertz CT molecular complexity index is 919. The number of nitriles is 1. The van der Waals surface area contributed by atoms with Gasteiger partial charge in [0.2, 0.25) is 5.91 Å². The van der Waals surface area contributed by atoms with E-state index in [0.29, 0.717) is 22.6 Å². The van der Waals surface area contributed by atoms with E-state index in [0.717, 1.165) is 4.57 Å². The van der Waals surface area contributed by atoms with E-state index < -0.39 is 12.0 Å². The van der Waals surface area contributed by atoms with Gasteiger partial charge in [0.25, 0.3) is 0 Å². The number of aromatic nitrogens is 1. The highest BCUT2D eigenvalue weighted by Crippen LogP contribution is 2.22. The fraction of sp³-hybridized carbons (Fsp3) is 0.111. The van der Waals surface area contributed by atoms with Crippen molar-refractivity contribution in [2.75, 3.05) is 19.4 Å². The summed E-state index contributed by atoms with van der Waals surface area (Å²) in [6.07, 6.45) is 4.44. The second-order valence-electron chi connectivity index (χ2n) is 5.46. The van der Waals surface area contributed by atoms with E-state index in [-0.39, 0.29) is 0 Å². The number of hydrogen-bond acceptors (Lipinski definition) is 4. The molecule has 0 unspecified atom stereocenters. The third-order valence-corrected chi connectivity index (χ3v) is 3.20. The van der Waals surface area contributed by atoms with Gasteiger partial charge in [0, 0.05) is 32.1 Å². The van der Waals surface area contributed by atoms with Crippen molar-refractivity contribution in [2.45, 2.75) is 0 Å². The van der Waals surface area contributed by atoms with Gasteiger partial charge in [-0.1, -0.05) is 0 Å². The van der Waals surface area contributed by atoms with Crippen LogP contribution in [0.3, 0.4) is 0 Å². The van der Waals surface area contributed by atoms with Crippen molar-refractivity contribution in [3.63, 3.8) is 0 Å². The van der Waals surface area contributed by atoms with Crippen LogP contribution < -0.4 is 5.32 Å². The zero-order chi connectivity index (χ0) is 19.1. The predicted molar refractivity (Wildman–Crippen MR) is 98.5 cm³/mol. The van der Waals surface area contributed by atoms with Crippen LogP contribution in [0.2, 0.25) is 0 Å². The van der Waals surface area contributed by atoms with Crippen LogP contribution in [0.25, 0.3) is 6.08 Å². The van der Waals surface area contributed by atoms with Crippen LogP contribution in [0, 0.1) is 11.3 Å². The predicted octanol–water partition coefficient (Wildman–Crippen LogP) is 2.76. The lowest BCUT2D eigenvalue weighted by Gasteiger charge is -2.06. The first-order valence-electron chi connectivity index (χ1n) is 7.55. The van der Waals surface area contributed by atoms with Gasteiger partial charge in [-0.05, 0) is 36.4 Å². The molecule has 0 fully saturated rings. The fourth-order valence-corrected chi connectivity index (χ4v) is 2.04. The molecule has 8 heteroatoms. The fourth-order valence-electron chi connectivity index (χ4n) is 2.04. The largest absolute Gasteiger partial charge is 0.464 e. The maximum atomic E-state index is 12.0. The molecule has 132 valence electrons. The van der Waals surface area contributed by atoms with Crippen LogP contribution >= 0.6 is 0 Å². The Morgan fingerprint density at radius 3 is 2.77 bits per heavy atom. The smallest absolute Gasteiger partial charge is 0.415 e. The van der Waals surface area contributed by atoms with Gasteiger partial charge in [0.1, 0.15) is 6.07 Å². The molecule has 1 aromatic carbocycles. The highest BCUT2D eigenvalue weighted by Gasteiger charge is 2.06. The molecule has 0 aliphatic carbocycles. The van der Waals surface area contributed by atoms with Crippen molar-refractivity contribution in [3.05, 3.63) is 53.9 Å². The standard InChI is InChI=1S/C18H17N5O3/c1-22(2)12-20-16-7-5-14(10-13(16)11-19)21-17(24)8-6-15-4-3-9-23(15)18(25)26/h3-10,12H,1-2H3,(H,21,24)(H,25,26)/b8-6+,20-12?. The number of amides is 1. The second kappa shape index (κ2) is 8.30. The molecule has 1 amide bonds. The Labute approximate surface area is 150 Å². The van der Waals surface area contributed by atoms with E-state index >= 15 is 0 Å². The summed E-state index contributed by atoms with van der Waals surface area (Å²) in [5.41, 5.74) is 1.62. The van der Waals surface area contributed by atoms with E-state index in [1.165, 1.54) is 24.4 Å². The van der Waals surface area contributed by atoms with Crippen LogP contribution in [-0.2, 0) is 4.79 Å². The van der Waals surface area contributed by atoms with Gasteiger partial charge in [-0.2, -0.15) is 5.26 Å². The number of aliphatic imine (C=N–C) groups is 1. The summed E-state index contributed by atoms with van der Waals surface area (Å²) in [5.74, 6) is -0.448. The molecule has 0 atom stereocenters. The lowest BCUT2D eigenvalue weighted by Crippen LogP contribution is -2.10. The van der Waals surface area contributed by atoms with Gasteiger partial charge >= 0.3 is 6.09 Å². The molecule has 1 aromatic heterocycles. The number of carbonyl (C=O) groups is 2. The minimum absolute atomic E-state index is 0.324. The number of nitrogens with one attached hydrogen (secondary N) is 1. The summed E-state index contributed by atoms with van der Waals surface area (Å²) in [6, 6.07) is 9.97. The minimum Gasteiger partial charge on any atom is -0.464 e. The van der Waals surface area contributed by atoms with Gasteiger partial charge in [-0.25, -0.2) is 9.79 Å². The SMILES string of the molecule is CN(C)C=Nc1ccc(NC(=O)/C=C/c2cccn2C(=O)O)cc1C#N. The Balaban J connectivity index is 2.12. The molecule has 8 nitrogen and oxygen atoms in total. The lowest BCUT2D eigenvalue weighted by molar-refractivity contribution is -0.111. The summed E-state index contributed by atoms with van der Waals surface area (Å²) in [6.45, 7) is 0. The molecule has 1 heterocycles. The van der Waals surface area contributed by atoms with E-state index in [1.807, 2.05) is 20.2 Å². The Morgan fingerprint density at radius 1 is 1.35 bits per heavy atom. The summed E-state index contributed by atoms with van der Waals surface area (Å²) in [4.78, 5) is 28.9. The molecule has 2 N–H and O–H groups in total. The van der Waals surface area contributed by atoms with Crippen LogP contribution in [0.5, 0.6) is 0 Å². The molecule has 2 rings (SSSR count). The number of anilines is 1. The van der Waals surface area contributed by atoms with E-state index in [9.17, 15) is 14.9 Å². The van der Waals surface area contributed by atoms with Gasteiger partial charge in [-0.3, -0.25) is 9.36 Å². The summed E-state index contributed by atoms with van der Waals surface area (Å²) in [7, 11) is 3.63. The topological polar surface area (TPSA) is 111 Å². The number of carbonyl (C=O) groups excluding carboxylic acids is 1. The lowest BCUT2D eigenvalue weighted by atomic mass is 10.1. The average Bonchev–Trinajstić information content (AvgIpc) is 3.07.